The summed E-state index contributed by atoms with van der Waals surface area (Å²) in [7, 11) is 1.84. The molecular weight excluding hydrogens is 582 g/mol. The Labute approximate surface area is 270 Å². The first kappa shape index (κ1) is 31.3. The third-order valence-electron chi connectivity index (χ3n) is 9.24. The van der Waals surface area contributed by atoms with Crippen molar-refractivity contribution in [2.24, 2.45) is 0 Å². The van der Waals surface area contributed by atoms with Crippen molar-refractivity contribution in [1.29, 1.82) is 0 Å². The fourth-order valence-electron chi connectivity index (χ4n) is 6.62. The Morgan fingerprint density at radius 1 is 0.804 bits per heavy atom. The number of carbonyl (C=O) groups excluding carboxylic acids is 3. The van der Waals surface area contributed by atoms with Gasteiger partial charge in [-0.3, -0.25) is 9.69 Å². The molecule has 3 aromatic rings. The van der Waals surface area contributed by atoms with Crippen molar-refractivity contribution in [3.05, 3.63) is 84.4 Å². The van der Waals surface area contributed by atoms with E-state index in [-0.39, 0.29) is 24.6 Å². The second-order valence-corrected chi connectivity index (χ2v) is 12.4. The normalized spacial score (nSPS) is 19.6. The van der Waals surface area contributed by atoms with Crippen LogP contribution in [0.3, 0.4) is 0 Å². The molecule has 0 spiro atoms. The highest BCUT2D eigenvalue weighted by molar-refractivity contribution is 5.99. The van der Waals surface area contributed by atoms with E-state index in [9.17, 15) is 14.4 Å². The highest BCUT2D eigenvalue weighted by atomic mass is 16.6. The molecule has 3 aliphatic rings. The van der Waals surface area contributed by atoms with Gasteiger partial charge in [0.25, 0.3) is 0 Å². The van der Waals surface area contributed by atoms with Gasteiger partial charge in [0.05, 0.1) is 12.1 Å². The number of anilines is 3. The number of rotatable bonds is 9. The molecule has 3 aromatic carbocycles. The summed E-state index contributed by atoms with van der Waals surface area (Å²) in [6.07, 6.45) is 6.76. The maximum absolute atomic E-state index is 13.5. The molecular formula is C36H43N5O5. The molecule has 2 atom stereocenters. The van der Waals surface area contributed by atoms with Crippen LogP contribution in [0, 0.1) is 0 Å². The topological polar surface area (TPSA) is 103 Å². The summed E-state index contributed by atoms with van der Waals surface area (Å²) in [6, 6.07) is 24.0. The molecule has 4 amide bonds. The van der Waals surface area contributed by atoms with Crippen LogP contribution in [0.15, 0.2) is 78.9 Å². The van der Waals surface area contributed by atoms with E-state index in [1.165, 1.54) is 12.8 Å². The lowest BCUT2D eigenvalue weighted by Crippen LogP contribution is -2.50. The van der Waals surface area contributed by atoms with Crippen LogP contribution in [0.2, 0.25) is 0 Å². The highest BCUT2D eigenvalue weighted by Gasteiger charge is 2.39. The predicted octanol–water partition coefficient (Wildman–Crippen LogP) is 6.49. The summed E-state index contributed by atoms with van der Waals surface area (Å²) in [5.41, 5.74) is 3.32. The summed E-state index contributed by atoms with van der Waals surface area (Å²) < 4.78 is 11.5. The van der Waals surface area contributed by atoms with E-state index in [1.807, 2.05) is 85.9 Å². The van der Waals surface area contributed by atoms with Crippen LogP contribution < -0.4 is 20.3 Å². The number of hydrogen-bond acceptors (Lipinski definition) is 6. The van der Waals surface area contributed by atoms with Gasteiger partial charge in [-0.1, -0.05) is 30.3 Å². The third kappa shape index (κ3) is 7.73. The van der Waals surface area contributed by atoms with E-state index in [0.29, 0.717) is 37.0 Å². The predicted molar refractivity (Wildman–Crippen MR) is 178 cm³/mol. The molecule has 6 rings (SSSR count). The van der Waals surface area contributed by atoms with Gasteiger partial charge in [0.2, 0.25) is 5.91 Å². The van der Waals surface area contributed by atoms with Gasteiger partial charge >= 0.3 is 12.1 Å². The monoisotopic (exact) mass is 625 g/mol. The number of likely N-dealkylation sites (tertiary alicyclic amines) is 1. The average Bonchev–Trinajstić information content (AvgIpc) is 3.88. The summed E-state index contributed by atoms with van der Waals surface area (Å²) in [5, 5.41) is 5.76. The fraction of sp³-hybridized carbons (Fsp3) is 0.417. The maximum atomic E-state index is 13.5. The molecule has 0 aromatic heterocycles. The molecule has 1 saturated carbocycles. The van der Waals surface area contributed by atoms with Crippen LogP contribution in [-0.2, 0) is 16.1 Å². The minimum Gasteiger partial charge on any atom is -0.490 e. The molecule has 0 radical (unpaired) electrons. The van der Waals surface area contributed by atoms with Crippen LogP contribution in [0.1, 0.15) is 50.5 Å². The first-order valence-electron chi connectivity index (χ1n) is 16.4. The second-order valence-electron chi connectivity index (χ2n) is 12.4. The van der Waals surface area contributed by atoms with Gasteiger partial charge in [-0.05, 0) is 99.0 Å². The Hall–Kier alpha value is -4.73. The van der Waals surface area contributed by atoms with E-state index in [2.05, 4.69) is 15.5 Å². The second kappa shape index (κ2) is 14.6. The van der Waals surface area contributed by atoms with Gasteiger partial charge in [-0.15, -0.1) is 0 Å². The van der Waals surface area contributed by atoms with Crippen molar-refractivity contribution in [2.75, 3.05) is 42.2 Å². The van der Waals surface area contributed by atoms with Crippen LogP contribution >= 0.6 is 0 Å². The zero-order chi connectivity index (χ0) is 31.9. The molecule has 0 bridgehead atoms. The minimum absolute atomic E-state index is 0.0359. The number of hydrogen-bond donors (Lipinski definition) is 2. The van der Waals surface area contributed by atoms with Gasteiger partial charge in [0.15, 0.2) is 0 Å². The third-order valence-corrected chi connectivity index (χ3v) is 9.24. The number of amides is 4. The first-order valence-corrected chi connectivity index (χ1v) is 16.4. The van der Waals surface area contributed by atoms with E-state index >= 15 is 0 Å². The molecule has 1 aliphatic carbocycles. The average molecular weight is 626 g/mol. The first-order chi connectivity index (χ1) is 22.4. The summed E-state index contributed by atoms with van der Waals surface area (Å²) >= 11 is 0. The minimum atomic E-state index is -0.498. The molecule has 2 aliphatic heterocycles. The lowest BCUT2D eigenvalue weighted by atomic mass is 10.1. The molecule has 10 nitrogen and oxygen atoms in total. The zero-order valence-electron chi connectivity index (χ0n) is 26.4. The number of benzene rings is 3. The van der Waals surface area contributed by atoms with Crippen LogP contribution in [0.5, 0.6) is 5.75 Å². The molecule has 242 valence electrons. The number of nitrogens with zero attached hydrogens (tertiary/aromatic N) is 3. The van der Waals surface area contributed by atoms with Crippen molar-refractivity contribution in [2.45, 2.75) is 69.7 Å². The zero-order valence-corrected chi connectivity index (χ0v) is 26.4. The van der Waals surface area contributed by atoms with Gasteiger partial charge in [0.1, 0.15) is 18.4 Å². The molecule has 3 fully saturated rings. The van der Waals surface area contributed by atoms with Gasteiger partial charge < -0.3 is 29.9 Å². The number of ether oxygens (including phenoxy) is 2. The Kier molecular flexibility index (Phi) is 9.91. The van der Waals surface area contributed by atoms with Crippen molar-refractivity contribution < 1.29 is 23.9 Å². The number of likely N-dealkylation sites (N-methyl/N-ethyl adjacent to an activating group) is 1. The van der Waals surface area contributed by atoms with Crippen molar-refractivity contribution in [3.63, 3.8) is 0 Å². The van der Waals surface area contributed by atoms with Crippen molar-refractivity contribution in [3.8, 4) is 5.75 Å². The molecule has 2 N–H and O–H groups in total. The van der Waals surface area contributed by atoms with Gasteiger partial charge in [0, 0.05) is 43.7 Å². The molecule has 46 heavy (non-hydrogen) atoms. The van der Waals surface area contributed by atoms with Crippen LogP contribution in [-0.4, -0.2) is 72.7 Å². The number of urea groups is 1. The van der Waals surface area contributed by atoms with Gasteiger partial charge in [-0.25, -0.2) is 9.59 Å². The molecule has 1 unspecified atom stereocenters. The highest BCUT2D eigenvalue weighted by Crippen LogP contribution is 2.28. The fourth-order valence-corrected chi connectivity index (χ4v) is 6.62. The molecule has 2 heterocycles. The van der Waals surface area contributed by atoms with Gasteiger partial charge in [-0.2, -0.15) is 0 Å². The Morgan fingerprint density at radius 2 is 1.48 bits per heavy atom. The standard InChI is InChI=1S/C36H43N5O5/c1-39(34(42)33-12-7-22-41(33)36(44)45-25-26-8-3-2-4-9-26)30-21-23-40(24-30)29-17-13-27(14-18-29)37-35(43)38-28-15-19-32(20-16-28)46-31-10-5-6-11-31/h2-4,8-9,13-20,30-31,33H,5-7,10-12,21-25H2,1H3,(H2,37,38,43)/t30?,33-/m0/s1. The van der Waals surface area contributed by atoms with Crippen molar-refractivity contribution in [1.82, 2.24) is 9.80 Å². The SMILES string of the molecule is CN(C(=O)[C@@H]1CCCN1C(=O)OCc1ccccc1)C1CCN(c2ccc(NC(=O)Nc3ccc(OC4CCCC4)cc3)cc2)C1. The molecule has 2 saturated heterocycles. The van der Waals surface area contributed by atoms with E-state index in [0.717, 1.165) is 49.2 Å². The molecule has 10 heteroatoms. The Bertz CT molecular complexity index is 1480. The quantitative estimate of drug-likeness (QED) is 0.282. The van der Waals surface area contributed by atoms with E-state index in [4.69, 9.17) is 9.47 Å². The number of carbonyl (C=O) groups is 3. The van der Waals surface area contributed by atoms with E-state index in [1.54, 1.807) is 9.80 Å². The Balaban J connectivity index is 0.961. The van der Waals surface area contributed by atoms with Crippen molar-refractivity contribution >= 4 is 35.1 Å². The maximum Gasteiger partial charge on any atom is 0.410 e. The lowest BCUT2D eigenvalue weighted by Gasteiger charge is -2.31. The summed E-state index contributed by atoms with van der Waals surface area (Å²) in [6.45, 7) is 2.22. The number of nitrogens with one attached hydrogen (secondary N) is 2. The lowest BCUT2D eigenvalue weighted by molar-refractivity contribution is -0.136. The summed E-state index contributed by atoms with van der Waals surface area (Å²) in [5.74, 6) is 0.787. The van der Waals surface area contributed by atoms with Crippen LogP contribution in [0.4, 0.5) is 26.7 Å². The smallest absolute Gasteiger partial charge is 0.410 e. The largest absolute Gasteiger partial charge is 0.490 e. The van der Waals surface area contributed by atoms with E-state index < -0.39 is 12.1 Å². The Morgan fingerprint density at radius 3 is 2.17 bits per heavy atom. The van der Waals surface area contributed by atoms with Crippen LogP contribution in [0.25, 0.3) is 0 Å². The summed E-state index contributed by atoms with van der Waals surface area (Å²) in [4.78, 5) is 44.6.